The van der Waals surface area contributed by atoms with E-state index in [-0.39, 0.29) is 5.97 Å². The van der Waals surface area contributed by atoms with Gasteiger partial charge in [-0.1, -0.05) is 36.4 Å². The van der Waals surface area contributed by atoms with Crippen LogP contribution in [0.5, 0.6) is 5.75 Å². The van der Waals surface area contributed by atoms with Gasteiger partial charge in [-0.25, -0.2) is 4.98 Å². The number of ether oxygens (including phenoxy) is 2. The number of benzene rings is 2. The first kappa shape index (κ1) is 18.9. The average molecular weight is 363 g/mol. The van der Waals surface area contributed by atoms with Gasteiger partial charge < -0.3 is 9.47 Å². The second-order valence-electron chi connectivity index (χ2n) is 6.44. The normalized spacial score (nSPS) is 10.7. The van der Waals surface area contributed by atoms with Gasteiger partial charge in [0.1, 0.15) is 12.4 Å². The van der Waals surface area contributed by atoms with Gasteiger partial charge >= 0.3 is 5.97 Å². The van der Waals surface area contributed by atoms with Crippen LogP contribution in [0.25, 0.3) is 10.9 Å². The van der Waals surface area contributed by atoms with Crippen LogP contribution < -0.4 is 4.74 Å². The maximum absolute atomic E-state index is 11.3. The fraction of sp³-hybridized carbons (Fsp3) is 0.304. The molecule has 0 unspecified atom stereocenters. The molecular weight excluding hydrogens is 338 g/mol. The van der Waals surface area contributed by atoms with E-state index in [9.17, 15) is 4.79 Å². The Kier molecular flexibility index (Phi) is 6.80. The highest BCUT2D eigenvalue weighted by Gasteiger charge is 2.03. The van der Waals surface area contributed by atoms with Crippen LogP contribution in [0.1, 0.15) is 37.4 Å². The second kappa shape index (κ2) is 9.72. The molecule has 0 amide bonds. The summed E-state index contributed by atoms with van der Waals surface area (Å²) in [5, 5.41) is 1.13. The highest BCUT2D eigenvalue weighted by molar-refractivity contribution is 5.78. The summed E-state index contributed by atoms with van der Waals surface area (Å²) in [6.45, 7) is 2.73. The van der Waals surface area contributed by atoms with Crippen LogP contribution in [-0.4, -0.2) is 17.6 Å². The van der Waals surface area contributed by atoms with Gasteiger partial charge in [-0.2, -0.15) is 0 Å². The molecule has 3 aromatic rings. The van der Waals surface area contributed by atoms with E-state index in [1.165, 1.54) is 5.56 Å². The summed E-state index contributed by atoms with van der Waals surface area (Å²) in [5.74, 6) is 0.726. The average Bonchev–Trinajstić information content (AvgIpc) is 2.70. The molecule has 0 aliphatic carbocycles. The molecule has 1 aromatic heterocycles. The number of rotatable bonds is 9. The summed E-state index contributed by atoms with van der Waals surface area (Å²) in [7, 11) is 0. The Bertz CT molecular complexity index is 874. The van der Waals surface area contributed by atoms with Crippen LogP contribution in [0.4, 0.5) is 0 Å². The molecule has 0 atom stereocenters. The molecule has 27 heavy (non-hydrogen) atoms. The number of unbranched alkanes of at least 4 members (excludes halogenated alkanes) is 1. The van der Waals surface area contributed by atoms with E-state index in [1.54, 1.807) is 0 Å². The van der Waals surface area contributed by atoms with Crippen LogP contribution in [0.15, 0.2) is 60.7 Å². The van der Waals surface area contributed by atoms with E-state index in [0.29, 0.717) is 19.6 Å². The molecule has 4 heteroatoms. The molecule has 0 N–H and O–H groups in total. The number of esters is 1. The fourth-order valence-corrected chi connectivity index (χ4v) is 2.93. The molecule has 0 saturated heterocycles. The lowest BCUT2D eigenvalue weighted by molar-refractivity contribution is -0.143. The van der Waals surface area contributed by atoms with Gasteiger partial charge in [-0.3, -0.25) is 4.79 Å². The Morgan fingerprint density at radius 3 is 2.59 bits per heavy atom. The number of fused-ring (bicyclic) bond motifs is 1. The Balaban J connectivity index is 1.45. The van der Waals surface area contributed by atoms with Crippen LogP contribution >= 0.6 is 0 Å². The van der Waals surface area contributed by atoms with E-state index in [2.05, 4.69) is 29.2 Å². The van der Waals surface area contributed by atoms with Crippen molar-refractivity contribution < 1.29 is 14.3 Å². The fourth-order valence-electron chi connectivity index (χ4n) is 2.93. The lowest BCUT2D eigenvalue weighted by Gasteiger charge is -2.08. The van der Waals surface area contributed by atoms with E-state index < -0.39 is 0 Å². The van der Waals surface area contributed by atoms with Gasteiger partial charge in [-0.15, -0.1) is 0 Å². The van der Waals surface area contributed by atoms with Crippen LogP contribution in [0, 0.1) is 0 Å². The lowest BCUT2D eigenvalue weighted by Crippen LogP contribution is -2.03. The number of nitrogens with zero attached hydrogens (tertiary/aromatic N) is 1. The van der Waals surface area contributed by atoms with Gasteiger partial charge in [0.05, 0.1) is 17.8 Å². The van der Waals surface area contributed by atoms with E-state index >= 15 is 0 Å². The zero-order valence-electron chi connectivity index (χ0n) is 15.7. The summed E-state index contributed by atoms with van der Waals surface area (Å²) >= 11 is 0. The molecule has 0 bridgehead atoms. The van der Waals surface area contributed by atoms with Crippen LogP contribution in [0.2, 0.25) is 0 Å². The first-order valence-electron chi connectivity index (χ1n) is 9.46. The topological polar surface area (TPSA) is 48.4 Å². The standard InChI is InChI=1S/C23H25NO3/c1-2-26-23(25)10-6-3-7-18-11-15-21(16-12-18)27-17-20-14-13-19-8-4-5-9-22(19)24-20/h4-5,8-9,11-16H,2-3,6-7,10,17H2,1H3. The Labute approximate surface area is 160 Å². The molecule has 0 aliphatic heterocycles. The van der Waals surface area contributed by atoms with Gasteiger partial charge in [-0.05, 0) is 56.0 Å². The molecule has 1 heterocycles. The predicted octanol–water partition coefficient (Wildman–Crippen LogP) is 5.09. The molecule has 2 aromatic carbocycles. The SMILES string of the molecule is CCOC(=O)CCCCc1ccc(OCc2ccc3ccccc3n2)cc1. The van der Waals surface area contributed by atoms with Crippen molar-refractivity contribution in [2.45, 2.75) is 39.2 Å². The van der Waals surface area contributed by atoms with Crippen molar-refractivity contribution >= 4 is 16.9 Å². The molecule has 0 spiro atoms. The highest BCUT2D eigenvalue weighted by Crippen LogP contribution is 2.17. The molecule has 0 fully saturated rings. The summed E-state index contributed by atoms with van der Waals surface area (Å²) in [4.78, 5) is 15.9. The maximum Gasteiger partial charge on any atom is 0.305 e. The molecule has 3 rings (SSSR count). The molecule has 4 nitrogen and oxygen atoms in total. The third kappa shape index (κ3) is 5.81. The van der Waals surface area contributed by atoms with Crippen molar-refractivity contribution in [1.29, 1.82) is 0 Å². The molecule has 0 aliphatic rings. The van der Waals surface area contributed by atoms with Crippen molar-refractivity contribution in [3.63, 3.8) is 0 Å². The molecular formula is C23H25NO3. The predicted molar refractivity (Wildman–Crippen MR) is 107 cm³/mol. The van der Waals surface area contributed by atoms with Gasteiger partial charge in [0.25, 0.3) is 0 Å². The number of para-hydroxylation sites is 1. The van der Waals surface area contributed by atoms with E-state index in [1.807, 2.05) is 43.3 Å². The van der Waals surface area contributed by atoms with Crippen molar-refractivity contribution in [3.05, 3.63) is 71.9 Å². The number of carbonyl (C=O) groups excluding carboxylic acids is 1. The van der Waals surface area contributed by atoms with Crippen molar-refractivity contribution in [2.75, 3.05) is 6.61 Å². The number of aryl methyl sites for hydroxylation is 1. The monoisotopic (exact) mass is 363 g/mol. The Hall–Kier alpha value is -2.88. The van der Waals surface area contributed by atoms with Crippen molar-refractivity contribution in [2.24, 2.45) is 0 Å². The summed E-state index contributed by atoms with van der Waals surface area (Å²) in [6.07, 6.45) is 3.27. The number of aromatic nitrogens is 1. The quantitative estimate of drug-likeness (QED) is 0.392. The summed E-state index contributed by atoms with van der Waals surface area (Å²) in [6, 6.07) is 20.3. The minimum Gasteiger partial charge on any atom is -0.487 e. The number of pyridine rings is 1. The summed E-state index contributed by atoms with van der Waals surface area (Å²) in [5.41, 5.74) is 3.14. The largest absolute Gasteiger partial charge is 0.487 e. The number of hydrogen-bond donors (Lipinski definition) is 0. The number of hydrogen-bond acceptors (Lipinski definition) is 4. The molecule has 0 radical (unpaired) electrons. The number of carbonyl (C=O) groups is 1. The third-order valence-corrected chi connectivity index (χ3v) is 4.37. The van der Waals surface area contributed by atoms with E-state index in [4.69, 9.17) is 9.47 Å². The summed E-state index contributed by atoms with van der Waals surface area (Å²) < 4.78 is 10.8. The van der Waals surface area contributed by atoms with Gasteiger partial charge in [0.2, 0.25) is 0 Å². The van der Waals surface area contributed by atoms with E-state index in [0.717, 1.165) is 41.6 Å². The van der Waals surface area contributed by atoms with Crippen molar-refractivity contribution in [3.8, 4) is 5.75 Å². The molecule has 0 saturated carbocycles. The Morgan fingerprint density at radius 2 is 1.78 bits per heavy atom. The molecule has 140 valence electrons. The van der Waals surface area contributed by atoms with Gasteiger partial charge in [0, 0.05) is 11.8 Å². The van der Waals surface area contributed by atoms with Crippen molar-refractivity contribution in [1.82, 2.24) is 4.98 Å². The first-order chi connectivity index (χ1) is 13.2. The Morgan fingerprint density at radius 1 is 0.963 bits per heavy atom. The smallest absolute Gasteiger partial charge is 0.305 e. The lowest BCUT2D eigenvalue weighted by atomic mass is 10.1. The minimum absolute atomic E-state index is 0.108. The first-order valence-corrected chi connectivity index (χ1v) is 9.46. The van der Waals surface area contributed by atoms with Gasteiger partial charge in [0.15, 0.2) is 0 Å². The third-order valence-electron chi connectivity index (χ3n) is 4.37. The minimum atomic E-state index is -0.108. The van der Waals surface area contributed by atoms with Crippen LogP contribution in [0.3, 0.4) is 0 Å². The highest BCUT2D eigenvalue weighted by atomic mass is 16.5. The maximum atomic E-state index is 11.3. The van der Waals surface area contributed by atoms with Crippen LogP contribution in [-0.2, 0) is 22.6 Å². The zero-order valence-corrected chi connectivity index (χ0v) is 15.7. The second-order valence-corrected chi connectivity index (χ2v) is 6.44. The zero-order chi connectivity index (χ0) is 18.9.